The summed E-state index contributed by atoms with van der Waals surface area (Å²) >= 11 is 0. The molecule has 0 spiro atoms. The van der Waals surface area contributed by atoms with Gasteiger partial charge in [-0.2, -0.15) is 15.0 Å². The van der Waals surface area contributed by atoms with Gasteiger partial charge in [0.05, 0.1) is 19.1 Å². The Morgan fingerprint density at radius 3 is 2.12 bits per heavy atom. The Hall–Kier alpha value is -4.35. The summed E-state index contributed by atoms with van der Waals surface area (Å²) in [6.45, 7) is 3.43. The second-order valence-corrected chi connectivity index (χ2v) is 10.1. The molecule has 12 heteroatoms. The van der Waals surface area contributed by atoms with Crippen LogP contribution in [0.4, 0.5) is 29.2 Å². The van der Waals surface area contributed by atoms with Crippen molar-refractivity contribution >= 4 is 29.2 Å². The van der Waals surface area contributed by atoms with Crippen LogP contribution in [0.3, 0.4) is 0 Å². The highest BCUT2D eigenvalue weighted by Crippen LogP contribution is 2.26. The number of rotatable bonds is 10. The molecule has 0 bridgehead atoms. The fraction of sp³-hybridized carbons (Fsp3) is 0.464. The normalized spacial score (nSPS) is 15.9. The molecule has 212 valence electrons. The molecule has 0 radical (unpaired) electrons. The highest BCUT2D eigenvalue weighted by Gasteiger charge is 2.22. The third-order valence-corrected chi connectivity index (χ3v) is 7.41. The standard InChI is InChI=1S/C28H36N8O4/c1-39-24-16-20(17-25(18-24)40-2)19-29-26-31-27(30-21-6-4-3-5-7-21)33-28(32-26)35-14-12-34(13-15-35)22-8-10-23(11-9-22)36(37)38/h8-11,16-18,21H,3-7,12-15,19H2,1-2H3,(H2,29,30,31,32,33). The number of ether oxygens (including phenoxy) is 2. The molecule has 2 aliphatic rings. The molecule has 1 aromatic heterocycles. The summed E-state index contributed by atoms with van der Waals surface area (Å²) in [4.78, 5) is 29.3. The van der Waals surface area contributed by atoms with Crippen LogP contribution in [-0.2, 0) is 6.54 Å². The van der Waals surface area contributed by atoms with E-state index in [9.17, 15) is 10.1 Å². The molecule has 3 aromatic rings. The number of anilines is 4. The second-order valence-electron chi connectivity index (χ2n) is 10.1. The van der Waals surface area contributed by atoms with E-state index in [0.29, 0.717) is 30.4 Å². The number of hydrogen-bond acceptors (Lipinski definition) is 11. The van der Waals surface area contributed by atoms with E-state index < -0.39 is 0 Å². The minimum absolute atomic E-state index is 0.0954. The van der Waals surface area contributed by atoms with Gasteiger partial charge in [-0.15, -0.1) is 0 Å². The maximum Gasteiger partial charge on any atom is 0.269 e. The Morgan fingerprint density at radius 1 is 0.875 bits per heavy atom. The van der Waals surface area contributed by atoms with Crippen molar-refractivity contribution in [2.24, 2.45) is 0 Å². The SMILES string of the molecule is COc1cc(CNc2nc(NC3CCCCC3)nc(N3CCN(c4ccc([N+](=O)[O-])cc4)CC3)n2)cc(OC)c1. The number of nitrogens with one attached hydrogen (secondary N) is 2. The van der Waals surface area contributed by atoms with Gasteiger partial charge in [-0.1, -0.05) is 19.3 Å². The first-order valence-electron chi connectivity index (χ1n) is 13.7. The quantitative estimate of drug-likeness (QED) is 0.275. The molecule has 1 aliphatic heterocycles. The van der Waals surface area contributed by atoms with Crippen LogP contribution in [-0.4, -0.2) is 66.3 Å². The van der Waals surface area contributed by atoms with Gasteiger partial charge in [-0.3, -0.25) is 10.1 Å². The molecule has 40 heavy (non-hydrogen) atoms. The third kappa shape index (κ3) is 6.80. The number of aromatic nitrogens is 3. The Bertz CT molecular complexity index is 1270. The lowest BCUT2D eigenvalue weighted by atomic mass is 9.96. The van der Waals surface area contributed by atoms with E-state index in [4.69, 9.17) is 24.4 Å². The smallest absolute Gasteiger partial charge is 0.269 e. The van der Waals surface area contributed by atoms with Crippen molar-refractivity contribution in [3.05, 3.63) is 58.1 Å². The highest BCUT2D eigenvalue weighted by atomic mass is 16.6. The molecule has 0 atom stereocenters. The van der Waals surface area contributed by atoms with Gasteiger partial charge in [-0.25, -0.2) is 0 Å². The lowest BCUT2D eigenvalue weighted by Gasteiger charge is -2.36. The molecule has 0 unspecified atom stereocenters. The van der Waals surface area contributed by atoms with Crippen molar-refractivity contribution < 1.29 is 14.4 Å². The first-order chi connectivity index (χ1) is 19.5. The van der Waals surface area contributed by atoms with Gasteiger partial charge in [-0.05, 0) is 42.7 Å². The van der Waals surface area contributed by atoms with Gasteiger partial charge in [0.2, 0.25) is 17.8 Å². The molecule has 1 saturated heterocycles. The minimum Gasteiger partial charge on any atom is -0.497 e. The van der Waals surface area contributed by atoms with Crippen LogP contribution in [0, 0.1) is 10.1 Å². The Morgan fingerprint density at radius 2 is 1.50 bits per heavy atom. The number of benzene rings is 2. The number of methoxy groups -OCH3 is 2. The minimum atomic E-state index is -0.377. The molecule has 2 N–H and O–H groups in total. The van der Waals surface area contributed by atoms with Crippen LogP contribution in [0.15, 0.2) is 42.5 Å². The van der Waals surface area contributed by atoms with E-state index in [-0.39, 0.29) is 10.6 Å². The highest BCUT2D eigenvalue weighted by molar-refractivity contribution is 5.53. The van der Waals surface area contributed by atoms with Crippen LogP contribution < -0.4 is 29.9 Å². The molecule has 1 aliphatic carbocycles. The first kappa shape index (κ1) is 27.2. The molecular weight excluding hydrogens is 512 g/mol. The second kappa shape index (κ2) is 12.7. The van der Waals surface area contributed by atoms with Crippen molar-refractivity contribution in [2.75, 3.05) is 60.8 Å². The number of nitrogens with zero attached hydrogens (tertiary/aromatic N) is 6. The van der Waals surface area contributed by atoms with Gasteiger partial charge < -0.3 is 29.9 Å². The van der Waals surface area contributed by atoms with E-state index in [0.717, 1.165) is 61.8 Å². The van der Waals surface area contributed by atoms with Gasteiger partial charge in [0, 0.05) is 62.7 Å². The first-order valence-corrected chi connectivity index (χ1v) is 13.7. The maximum atomic E-state index is 11.0. The van der Waals surface area contributed by atoms with Crippen molar-refractivity contribution in [3.63, 3.8) is 0 Å². The zero-order valence-corrected chi connectivity index (χ0v) is 23.0. The van der Waals surface area contributed by atoms with Crippen molar-refractivity contribution in [3.8, 4) is 11.5 Å². The van der Waals surface area contributed by atoms with Crippen molar-refractivity contribution in [1.82, 2.24) is 15.0 Å². The fourth-order valence-corrected chi connectivity index (χ4v) is 5.18. The average molecular weight is 549 g/mol. The Labute approximate surface area is 233 Å². The Kier molecular flexibility index (Phi) is 8.62. The fourth-order valence-electron chi connectivity index (χ4n) is 5.18. The monoisotopic (exact) mass is 548 g/mol. The van der Waals surface area contributed by atoms with E-state index >= 15 is 0 Å². The van der Waals surface area contributed by atoms with E-state index in [1.807, 2.05) is 18.2 Å². The maximum absolute atomic E-state index is 11.0. The van der Waals surface area contributed by atoms with Crippen LogP contribution >= 0.6 is 0 Å². The molecular formula is C28H36N8O4. The number of nitro benzene ring substituents is 1. The average Bonchev–Trinajstić information content (AvgIpc) is 3.00. The topological polar surface area (TPSA) is 131 Å². The third-order valence-electron chi connectivity index (χ3n) is 7.41. The zero-order chi connectivity index (χ0) is 27.9. The lowest BCUT2D eigenvalue weighted by Crippen LogP contribution is -2.47. The van der Waals surface area contributed by atoms with Crippen LogP contribution in [0.2, 0.25) is 0 Å². The molecule has 2 fully saturated rings. The number of hydrogen-bond donors (Lipinski definition) is 2. The zero-order valence-electron chi connectivity index (χ0n) is 23.0. The van der Waals surface area contributed by atoms with E-state index in [2.05, 4.69) is 20.4 Å². The van der Waals surface area contributed by atoms with Crippen LogP contribution in [0.1, 0.15) is 37.7 Å². The molecule has 1 saturated carbocycles. The van der Waals surface area contributed by atoms with Gasteiger partial charge in [0.25, 0.3) is 5.69 Å². The van der Waals surface area contributed by atoms with Gasteiger partial charge in [0.15, 0.2) is 0 Å². The van der Waals surface area contributed by atoms with E-state index in [1.165, 1.54) is 19.3 Å². The summed E-state index contributed by atoms with van der Waals surface area (Å²) in [5.41, 5.74) is 2.05. The van der Waals surface area contributed by atoms with Gasteiger partial charge in [0.1, 0.15) is 11.5 Å². The summed E-state index contributed by atoms with van der Waals surface area (Å²) in [7, 11) is 3.27. The number of piperazine rings is 1. The molecule has 0 amide bonds. The van der Waals surface area contributed by atoms with Crippen molar-refractivity contribution in [2.45, 2.75) is 44.7 Å². The summed E-state index contributed by atoms with van der Waals surface area (Å²) in [5.74, 6) is 3.15. The van der Waals surface area contributed by atoms with Crippen LogP contribution in [0.25, 0.3) is 0 Å². The summed E-state index contributed by atoms with van der Waals surface area (Å²) in [6.07, 6.45) is 5.92. The molecule has 2 aromatic carbocycles. The predicted octanol–water partition coefficient (Wildman–Crippen LogP) is 4.48. The van der Waals surface area contributed by atoms with Crippen LogP contribution in [0.5, 0.6) is 11.5 Å². The summed E-state index contributed by atoms with van der Waals surface area (Å²) in [6, 6.07) is 12.8. The number of nitro groups is 1. The predicted molar refractivity (Wildman–Crippen MR) is 155 cm³/mol. The lowest BCUT2D eigenvalue weighted by molar-refractivity contribution is -0.384. The summed E-state index contributed by atoms with van der Waals surface area (Å²) < 4.78 is 10.8. The van der Waals surface area contributed by atoms with Crippen molar-refractivity contribution in [1.29, 1.82) is 0 Å². The molecule has 5 rings (SSSR count). The molecule has 2 heterocycles. The number of non-ortho nitro benzene ring substituents is 1. The summed E-state index contributed by atoms with van der Waals surface area (Å²) in [5, 5.41) is 17.9. The molecule has 12 nitrogen and oxygen atoms in total. The van der Waals surface area contributed by atoms with E-state index in [1.54, 1.807) is 38.5 Å². The van der Waals surface area contributed by atoms with Gasteiger partial charge >= 0.3 is 0 Å². The Balaban J connectivity index is 1.31. The largest absolute Gasteiger partial charge is 0.497 e.